The largest absolute Gasteiger partial charge is 0.488 e. The molecule has 28 heavy (non-hydrogen) atoms. The fraction of sp³-hybridized carbons (Fsp3) is 0.360. The monoisotopic (exact) mass is 377 g/mol. The lowest BCUT2D eigenvalue weighted by atomic mass is 10.0. The fourth-order valence-electron chi connectivity index (χ4n) is 4.13. The maximum Gasteiger partial charge on any atom is 0.129 e. The van der Waals surface area contributed by atoms with Gasteiger partial charge in [0, 0.05) is 23.7 Å². The van der Waals surface area contributed by atoms with Crippen LogP contribution in [0.2, 0.25) is 0 Å². The molecule has 0 aromatic heterocycles. The van der Waals surface area contributed by atoms with Crippen molar-refractivity contribution in [2.75, 3.05) is 0 Å². The van der Waals surface area contributed by atoms with Crippen LogP contribution in [-0.4, -0.2) is 6.04 Å². The normalized spacial score (nSPS) is 15.5. The van der Waals surface area contributed by atoms with Gasteiger partial charge in [-0.15, -0.1) is 0 Å². The zero-order chi connectivity index (χ0) is 19.2. The summed E-state index contributed by atoms with van der Waals surface area (Å²) in [5, 5.41) is 6.18. The number of nitrogens with one attached hydrogen (secondary N) is 1. The van der Waals surface area contributed by atoms with Crippen molar-refractivity contribution in [1.82, 2.24) is 5.32 Å². The van der Waals surface area contributed by atoms with Crippen molar-refractivity contribution < 1.29 is 9.13 Å². The highest BCUT2D eigenvalue weighted by molar-refractivity contribution is 5.87. The molecule has 3 aromatic carbocycles. The predicted molar refractivity (Wildman–Crippen MR) is 113 cm³/mol. The number of rotatable bonds is 6. The summed E-state index contributed by atoms with van der Waals surface area (Å²) in [6.45, 7) is 1.01. The summed E-state index contributed by atoms with van der Waals surface area (Å²) in [5.41, 5.74) is 1.75. The minimum Gasteiger partial charge on any atom is -0.488 e. The third kappa shape index (κ3) is 4.53. The van der Waals surface area contributed by atoms with E-state index in [-0.39, 0.29) is 12.4 Å². The van der Waals surface area contributed by atoms with E-state index in [9.17, 15) is 4.39 Å². The maximum absolute atomic E-state index is 14.0. The Bertz CT molecular complexity index is 915. The molecule has 0 bridgehead atoms. The molecule has 1 fully saturated rings. The second-order valence-corrected chi connectivity index (χ2v) is 7.71. The fourth-order valence-corrected chi connectivity index (χ4v) is 4.13. The molecule has 0 aliphatic heterocycles. The second-order valence-electron chi connectivity index (χ2n) is 7.71. The number of hydrogen-bond acceptors (Lipinski definition) is 2. The third-order valence-electron chi connectivity index (χ3n) is 5.76. The minimum atomic E-state index is -0.221. The van der Waals surface area contributed by atoms with E-state index in [2.05, 4.69) is 35.6 Å². The van der Waals surface area contributed by atoms with Crippen molar-refractivity contribution in [3.05, 3.63) is 77.6 Å². The van der Waals surface area contributed by atoms with Crippen LogP contribution in [0.3, 0.4) is 0 Å². The molecule has 0 amide bonds. The molecule has 3 heteroatoms. The van der Waals surface area contributed by atoms with Gasteiger partial charge in [-0.1, -0.05) is 74.2 Å². The molecule has 0 radical (unpaired) electrons. The van der Waals surface area contributed by atoms with Crippen LogP contribution in [-0.2, 0) is 13.2 Å². The van der Waals surface area contributed by atoms with Crippen molar-refractivity contribution in [3.63, 3.8) is 0 Å². The Morgan fingerprint density at radius 1 is 0.857 bits per heavy atom. The molecule has 4 rings (SSSR count). The highest BCUT2D eigenvalue weighted by Gasteiger charge is 2.15. The van der Waals surface area contributed by atoms with E-state index in [1.165, 1.54) is 60.9 Å². The lowest BCUT2D eigenvalue weighted by Gasteiger charge is -2.19. The van der Waals surface area contributed by atoms with Crippen LogP contribution in [0.1, 0.15) is 49.7 Å². The van der Waals surface area contributed by atoms with Crippen LogP contribution in [0.25, 0.3) is 10.8 Å². The maximum atomic E-state index is 14.0. The van der Waals surface area contributed by atoms with E-state index >= 15 is 0 Å². The molecule has 1 aliphatic carbocycles. The van der Waals surface area contributed by atoms with Crippen LogP contribution < -0.4 is 10.1 Å². The molecule has 0 atom stereocenters. The average molecular weight is 378 g/mol. The quantitative estimate of drug-likeness (QED) is 0.504. The van der Waals surface area contributed by atoms with Crippen molar-refractivity contribution in [2.24, 2.45) is 0 Å². The molecule has 0 saturated heterocycles. The van der Waals surface area contributed by atoms with Crippen LogP contribution >= 0.6 is 0 Å². The molecule has 2 nitrogen and oxygen atoms in total. The third-order valence-corrected chi connectivity index (χ3v) is 5.76. The van der Waals surface area contributed by atoms with Gasteiger partial charge < -0.3 is 10.1 Å². The molecule has 146 valence electrons. The summed E-state index contributed by atoms with van der Waals surface area (Å²) in [6.07, 6.45) is 7.81. The van der Waals surface area contributed by atoms with Gasteiger partial charge in [0.2, 0.25) is 0 Å². The molecular weight excluding hydrogens is 349 g/mol. The van der Waals surface area contributed by atoms with Crippen molar-refractivity contribution >= 4 is 10.8 Å². The van der Waals surface area contributed by atoms with Crippen molar-refractivity contribution in [2.45, 2.75) is 57.7 Å². The Balaban J connectivity index is 1.56. The van der Waals surface area contributed by atoms with Crippen molar-refractivity contribution in [3.8, 4) is 5.75 Å². The molecule has 1 N–H and O–H groups in total. The minimum absolute atomic E-state index is 0.221. The van der Waals surface area contributed by atoms with Crippen LogP contribution in [0.4, 0.5) is 4.39 Å². The number of halogens is 1. The Labute approximate surface area is 166 Å². The highest BCUT2D eigenvalue weighted by atomic mass is 19.1. The first-order chi connectivity index (χ1) is 13.8. The van der Waals surface area contributed by atoms with Gasteiger partial charge in [0.25, 0.3) is 0 Å². The number of ether oxygens (including phenoxy) is 1. The molecule has 0 spiro atoms. The first kappa shape index (κ1) is 18.9. The van der Waals surface area contributed by atoms with Crippen LogP contribution in [0.5, 0.6) is 5.75 Å². The van der Waals surface area contributed by atoms with Gasteiger partial charge in [0.05, 0.1) is 0 Å². The summed E-state index contributed by atoms with van der Waals surface area (Å²) in [6, 6.07) is 19.9. The molecule has 0 unspecified atom stereocenters. The smallest absolute Gasteiger partial charge is 0.129 e. The molecule has 3 aromatic rings. The van der Waals surface area contributed by atoms with E-state index in [1.807, 2.05) is 12.1 Å². The van der Waals surface area contributed by atoms with E-state index in [0.29, 0.717) is 11.6 Å². The van der Waals surface area contributed by atoms with Gasteiger partial charge in [-0.2, -0.15) is 0 Å². The van der Waals surface area contributed by atoms with E-state index < -0.39 is 0 Å². The first-order valence-corrected chi connectivity index (χ1v) is 10.4. The molecule has 1 aliphatic rings. The van der Waals surface area contributed by atoms with E-state index in [1.54, 1.807) is 12.1 Å². The lowest BCUT2D eigenvalue weighted by molar-refractivity contribution is 0.295. The Morgan fingerprint density at radius 3 is 2.43 bits per heavy atom. The first-order valence-electron chi connectivity index (χ1n) is 10.4. The Morgan fingerprint density at radius 2 is 1.61 bits per heavy atom. The Kier molecular flexibility index (Phi) is 6.23. The summed E-state index contributed by atoms with van der Waals surface area (Å²) in [5.74, 6) is 0.615. The predicted octanol–water partition coefficient (Wildman–Crippen LogP) is 6.37. The number of hydrogen-bond donors (Lipinski definition) is 1. The summed E-state index contributed by atoms with van der Waals surface area (Å²) < 4.78 is 20.1. The molecule has 1 saturated carbocycles. The zero-order valence-corrected chi connectivity index (χ0v) is 16.3. The van der Waals surface area contributed by atoms with Gasteiger partial charge >= 0.3 is 0 Å². The molecular formula is C25H28FNO. The number of fused-ring (bicyclic) bond motifs is 1. The topological polar surface area (TPSA) is 21.3 Å². The summed E-state index contributed by atoms with van der Waals surface area (Å²) >= 11 is 0. The van der Waals surface area contributed by atoms with Gasteiger partial charge in [-0.05, 0) is 35.7 Å². The van der Waals surface area contributed by atoms with Gasteiger partial charge in [0.15, 0.2) is 0 Å². The van der Waals surface area contributed by atoms with Crippen molar-refractivity contribution in [1.29, 1.82) is 0 Å². The SMILES string of the molecule is Fc1ccccc1COc1ccc2ccccc2c1CNC1CCCCCC1. The number of benzene rings is 3. The van der Waals surface area contributed by atoms with Gasteiger partial charge in [-0.3, -0.25) is 0 Å². The second kappa shape index (κ2) is 9.20. The molecule has 0 heterocycles. The lowest BCUT2D eigenvalue weighted by Crippen LogP contribution is -2.28. The van der Waals surface area contributed by atoms with Gasteiger partial charge in [0.1, 0.15) is 18.2 Å². The summed E-state index contributed by atoms with van der Waals surface area (Å²) in [4.78, 5) is 0. The Hall–Kier alpha value is -2.39. The zero-order valence-electron chi connectivity index (χ0n) is 16.3. The average Bonchev–Trinajstić information content (AvgIpc) is 3.01. The standard InChI is InChI=1S/C25H28FNO/c26-24-14-8-6-10-20(24)18-28-25-16-15-19-9-5-7-13-22(19)23(25)17-27-21-11-3-1-2-4-12-21/h5-10,13-16,21,27H,1-4,11-12,17-18H2. The van der Waals surface area contributed by atoms with Crippen LogP contribution in [0, 0.1) is 5.82 Å². The highest BCUT2D eigenvalue weighted by Crippen LogP contribution is 2.29. The van der Waals surface area contributed by atoms with E-state index in [4.69, 9.17) is 4.74 Å². The van der Waals surface area contributed by atoms with Crippen LogP contribution in [0.15, 0.2) is 60.7 Å². The van der Waals surface area contributed by atoms with Gasteiger partial charge in [-0.25, -0.2) is 4.39 Å². The van der Waals surface area contributed by atoms with E-state index in [0.717, 1.165) is 12.3 Å². The summed E-state index contributed by atoms with van der Waals surface area (Å²) in [7, 11) is 0.